The van der Waals surface area contributed by atoms with Crippen molar-refractivity contribution >= 4 is 39.5 Å². The average Bonchev–Trinajstić information content (AvgIpc) is 0.932. The lowest BCUT2D eigenvalue weighted by atomic mass is 10.0. The third-order valence-corrected chi connectivity index (χ3v) is 22.1. The summed E-state index contributed by atoms with van der Waals surface area (Å²) < 4.78 is 68.9. The van der Waals surface area contributed by atoms with Gasteiger partial charge in [0.05, 0.1) is 26.4 Å². The van der Waals surface area contributed by atoms with Crippen LogP contribution in [-0.4, -0.2) is 96.7 Å². The molecule has 17 nitrogen and oxygen atoms in total. The summed E-state index contributed by atoms with van der Waals surface area (Å²) in [5, 5.41) is 10.7. The number of phosphoric ester groups is 2. The van der Waals surface area contributed by atoms with Crippen LogP contribution in [0.15, 0.2) is 0 Å². The summed E-state index contributed by atoms with van der Waals surface area (Å²) in [6, 6.07) is 0. The molecule has 0 amide bonds. The third kappa shape index (κ3) is 79.9. The standard InChI is InChI=1S/C86H168O17P2/c1-7-9-11-13-15-17-19-21-33-40-46-52-58-64-70-85(90)102-81(74-96-83(88)68-62-56-50-44-38-20-18-16-14-12-10-8-2)76-100-104(92,93)98-72-80(87)73-99-105(94,95)101-77-82(75-97-84(89)69-63-57-51-45-39-34-30-26-28-32-37-43-49-55-61-67-79(5)6)103-86(91)71-65-59-53-47-41-35-29-25-23-22-24-27-31-36-42-48-54-60-66-78(3)4/h78-82,87H,7-77H2,1-6H3,(H,92,93)(H,94,95)/t80-,81+,82+/m0/s1. The molecule has 0 heterocycles. The fourth-order valence-electron chi connectivity index (χ4n) is 13.4. The van der Waals surface area contributed by atoms with Crippen LogP contribution in [0.5, 0.6) is 0 Å². The second-order valence-corrected chi connectivity index (χ2v) is 34.8. The molecule has 0 aliphatic heterocycles. The summed E-state index contributed by atoms with van der Waals surface area (Å²) in [5.74, 6) is -0.473. The second kappa shape index (κ2) is 77.4. The van der Waals surface area contributed by atoms with Crippen molar-refractivity contribution < 1.29 is 80.2 Å². The number of aliphatic hydroxyl groups is 1. The summed E-state index contributed by atoms with van der Waals surface area (Å²) in [4.78, 5) is 73.2. The number of rotatable bonds is 85. The highest BCUT2D eigenvalue weighted by atomic mass is 31.2. The van der Waals surface area contributed by atoms with E-state index in [-0.39, 0.29) is 25.7 Å². The molecule has 0 aromatic heterocycles. The average molecular weight is 1540 g/mol. The van der Waals surface area contributed by atoms with Crippen molar-refractivity contribution in [3.8, 4) is 0 Å². The molecule has 0 aliphatic rings. The van der Waals surface area contributed by atoms with Crippen LogP contribution < -0.4 is 0 Å². The Morgan fingerprint density at radius 2 is 0.438 bits per heavy atom. The quantitative estimate of drug-likeness (QED) is 0.0222. The summed E-state index contributed by atoms with van der Waals surface area (Å²) >= 11 is 0. The van der Waals surface area contributed by atoms with E-state index in [1.807, 2.05) is 0 Å². The van der Waals surface area contributed by atoms with Gasteiger partial charge in [-0.15, -0.1) is 0 Å². The Hall–Kier alpha value is -1.94. The molecule has 0 saturated carbocycles. The molecule has 2 unspecified atom stereocenters. The predicted octanol–water partition coefficient (Wildman–Crippen LogP) is 26.2. The Bertz CT molecular complexity index is 2010. The minimum atomic E-state index is -4.97. The van der Waals surface area contributed by atoms with Crippen LogP contribution in [0.4, 0.5) is 0 Å². The highest BCUT2D eigenvalue weighted by molar-refractivity contribution is 7.47. The van der Waals surface area contributed by atoms with Crippen LogP contribution in [0.1, 0.15) is 459 Å². The zero-order chi connectivity index (χ0) is 77.1. The van der Waals surface area contributed by atoms with Crippen LogP contribution in [-0.2, 0) is 65.4 Å². The number of carbonyl (C=O) groups excluding carboxylic acids is 4. The Kier molecular flexibility index (Phi) is 76.0. The molecule has 0 rings (SSSR count). The minimum Gasteiger partial charge on any atom is -0.462 e. The van der Waals surface area contributed by atoms with E-state index in [1.165, 1.54) is 276 Å². The van der Waals surface area contributed by atoms with Gasteiger partial charge < -0.3 is 33.8 Å². The first-order valence-corrected chi connectivity index (χ1v) is 47.5. The molecule has 0 fully saturated rings. The maximum absolute atomic E-state index is 13.1. The van der Waals surface area contributed by atoms with E-state index in [4.69, 9.17) is 37.0 Å². The maximum Gasteiger partial charge on any atom is 0.472 e. The van der Waals surface area contributed by atoms with E-state index in [0.717, 1.165) is 102 Å². The highest BCUT2D eigenvalue weighted by Crippen LogP contribution is 2.45. The van der Waals surface area contributed by atoms with E-state index in [1.54, 1.807) is 0 Å². The summed E-state index contributed by atoms with van der Waals surface area (Å²) in [6.45, 7) is 9.74. The van der Waals surface area contributed by atoms with Crippen LogP contribution in [0.25, 0.3) is 0 Å². The molecule has 0 spiro atoms. The smallest absolute Gasteiger partial charge is 0.462 e. The summed E-state index contributed by atoms with van der Waals surface area (Å²) in [5.41, 5.74) is 0. The topological polar surface area (TPSA) is 237 Å². The van der Waals surface area contributed by atoms with Gasteiger partial charge >= 0.3 is 39.5 Å². The van der Waals surface area contributed by atoms with Gasteiger partial charge in [-0.25, -0.2) is 9.13 Å². The Morgan fingerprint density at radius 1 is 0.257 bits per heavy atom. The summed E-state index contributed by atoms with van der Waals surface area (Å²) in [6.07, 6.45) is 69.3. The van der Waals surface area contributed by atoms with E-state index in [0.29, 0.717) is 25.7 Å². The molecule has 105 heavy (non-hydrogen) atoms. The molecule has 0 aromatic rings. The van der Waals surface area contributed by atoms with Gasteiger partial charge in [0, 0.05) is 25.7 Å². The Labute approximate surface area is 645 Å². The fraction of sp³-hybridized carbons (Fsp3) is 0.953. The van der Waals surface area contributed by atoms with Crippen LogP contribution >= 0.6 is 15.6 Å². The molecule has 0 radical (unpaired) electrons. The number of ether oxygens (including phenoxy) is 4. The number of aliphatic hydroxyl groups excluding tert-OH is 1. The van der Waals surface area contributed by atoms with Crippen LogP contribution in [0, 0.1) is 11.8 Å². The lowest BCUT2D eigenvalue weighted by Crippen LogP contribution is -2.30. The minimum absolute atomic E-state index is 0.109. The first-order chi connectivity index (χ1) is 50.9. The molecule has 0 saturated heterocycles. The van der Waals surface area contributed by atoms with E-state index >= 15 is 0 Å². The number of hydrogen-bond acceptors (Lipinski definition) is 15. The number of hydrogen-bond donors (Lipinski definition) is 3. The van der Waals surface area contributed by atoms with Gasteiger partial charge in [-0.2, -0.15) is 0 Å². The van der Waals surface area contributed by atoms with Crippen molar-refractivity contribution in [2.75, 3.05) is 39.6 Å². The second-order valence-electron chi connectivity index (χ2n) is 31.9. The van der Waals surface area contributed by atoms with Gasteiger partial charge in [0.25, 0.3) is 0 Å². The van der Waals surface area contributed by atoms with Crippen LogP contribution in [0.3, 0.4) is 0 Å². The normalized spacial score (nSPS) is 13.8. The van der Waals surface area contributed by atoms with E-state index in [9.17, 15) is 43.2 Å². The lowest BCUT2D eigenvalue weighted by molar-refractivity contribution is -0.161. The number of esters is 4. The SMILES string of the molecule is CCCCCCCCCCCCCCCCC(=O)O[C@H](COC(=O)CCCCCCCCCCCCCC)COP(=O)(O)OC[C@H](O)COP(=O)(O)OC[C@@H](COC(=O)CCCCCCCCCCCCCCCCCC(C)C)OC(=O)CCCCCCCCCCCCCCCCCCCCC(C)C. The summed E-state index contributed by atoms with van der Waals surface area (Å²) in [7, 11) is -9.93. The molecule has 0 aromatic carbocycles. The molecule has 19 heteroatoms. The van der Waals surface area contributed by atoms with Crippen molar-refractivity contribution in [1.82, 2.24) is 0 Å². The molecule has 3 N–H and O–H groups in total. The monoisotopic (exact) mass is 1540 g/mol. The molecular formula is C86H168O17P2. The van der Waals surface area contributed by atoms with Gasteiger partial charge in [-0.1, -0.05) is 408 Å². The predicted molar refractivity (Wildman–Crippen MR) is 432 cm³/mol. The maximum atomic E-state index is 13.1. The lowest BCUT2D eigenvalue weighted by Gasteiger charge is -2.21. The van der Waals surface area contributed by atoms with Crippen LogP contribution in [0.2, 0.25) is 0 Å². The zero-order valence-electron chi connectivity index (χ0n) is 69.0. The molecule has 0 bridgehead atoms. The zero-order valence-corrected chi connectivity index (χ0v) is 70.8. The number of carbonyl (C=O) groups is 4. The number of phosphoric acid groups is 2. The van der Waals surface area contributed by atoms with Gasteiger partial charge in [-0.05, 0) is 37.5 Å². The Morgan fingerprint density at radius 3 is 0.648 bits per heavy atom. The molecular weight excluding hydrogens is 1370 g/mol. The first kappa shape index (κ1) is 103. The van der Waals surface area contributed by atoms with Crippen molar-refractivity contribution in [3.63, 3.8) is 0 Å². The van der Waals surface area contributed by atoms with Crippen molar-refractivity contribution in [1.29, 1.82) is 0 Å². The Balaban J connectivity index is 5.24. The molecule has 0 aliphatic carbocycles. The van der Waals surface area contributed by atoms with Crippen molar-refractivity contribution in [2.24, 2.45) is 11.8 Å². The van der Waals surface area contributed by atoms with Gasteiger partial charge in [0.15, 0.2) is 12.2 Å². The molecule has 5 atom stereocenters. The molecule has 624 valence electrons. The van der Waals surface area contributed by atoms with Gasteiger partial charge in [0.1, 0.15) is 19.3 Å². The highest BCUT2D eigenvalue weighted by Gasteiger charge is 2.30. The van der Waals surface area contributed by atoms with E-state index in [2.05, 4.69) is 41.5 Å². The third-order valence-electron chi connectivity index (χ3n) is 20.2. The van der Waals surface area contributed by atoms with Crippen molar-refractivity contribution in [3.05, 3.63) is 0 Å². The largest absolute Gasteiger partial charge is 0.472 e. The van der Waals surface area contributed by atoms with Gasteiger partial charge in [-0.3, -0.25) is 37.3 Å². The number of unbranched alkanes of at least 4 members (excludes halogenated alkanes) is 55. The van der Waals surface area contributed by atoms with Crippen molar-refractivity contribution in [2.45, 2.75) is 477 Å². The first-order valence-electron chi connectivity index (χ1n) is 44.5. The van der Waals surface area contributed by atoms with Gasteiger partial charge in [0.2, 0.25) is 0 Å². The fourth-order valence-corrected chi connectivity index (χ4v) is 15.0. The van der Waals surface area contributed by atoms with E-state index < -0.39 is 97.5 Å².